The number of nitrogens with zero attached hydrogens (tertiary/aromatic N) is 3. The van der Waals surface area contributed by atoms with Crippen molar-refractivity contribution in [1.29, 1.82) is 0 Å². The predicted octanol–water partition coefficient (Wildman–Crippen LogP) is 5.36. The number of thiazole rings is 1. The van der Waals surface area contributed by atoms with Gasteiger partial charge in [-0.05, 0) is 30.4 Å². The summed E-state index contributed by atoms with van der Waals surface area (Å²) < 4.78 is 0. The fraction of sp³-hybridized carbons (Fsp3) is 0.400. The average molecular weight is 433 g/mol. The zero-order valence-electron chi connectivity index (χ0n) is 15.6. The summed E-state index contributed by atoms with van der Waals surface area (Å²) in [7, 11) is 0. The first-order chi connectivity index (χ1) is 13.2. The number of hydrogen-bond acceptors (Lipinski definition) is 5. The van der Waals surface area contributed by atoms with Crippen LogP contribution in [0.2, 0.25) is 10.0 Å². The molecule has 3 aromatic rings. The SMILES string of the molecule is CC12CCC(C(=O)Nc3nccs3)(c3nc4cc(Cl)c(Cl)cc4nc31)C2(C)C. The number of amides is 1. The Bertz CT molecular complexity index is 1150. The summed E-state index contributed by atoms with van der Waals surface area (Å²) in [6.07, 6.45) is 3.28. The van der Waals surface area contributed by atoms with Gasteiger partial charge in [-0.3, -0.25) is 4.79 Å². The van der Waals surface area contributed by atoms with Crippen molar-refractivity contribution in [3.8, 4) is 0 Å². The molecule has 2 unspecified atom stereocenters. The minimum absolute atomic E-state index is 0.0661. The van der Waals surface area contributed by atoms with Crippen molar-refractivity contribution >= 4 is 56.6 Å². The van der Waals surface area contributed by atoms with Crippen molar-refractivity contribution in [3.63, 3.8) is 0 Å². The molecule has 0 spiro atoms. The number of halogens is 2. The zero-order valence-corrected chi connectivity index (χ0v) is 18.0. The molecular formula is C20H18Cl2N4OS. The third kappa shape index (κ3) is 2.03. The Morgan fingerprint density at radius 2 is 1.71 bits per heavy atom. The van der Waals surface area contributed by atoms with Crippen LogP contribution in [0, 0.1) is 5.41 Å². The number of anilines is 1. The van der Waals surface area contributed by atoms with Gasteiger partial charge in [-0.2, -0.15) is 0 Å². The number of carbonyl (C=O) groups excluding carboxylic acids is 1. The van der Waals surface area contributed by atoms with E-state index >= 15 is 0 Å². The number of nitrogens with one attached hydrogen (secondary N) is 1. The molecule has 5 nitrogen and oxygen atoms in total. The van der Waals surface area contributed by atoms with Gasteiger partial charge in [0.1, 0.15) is 0 Å². The molecule has 2 atom stereocenters. The summed E-state index contributed by atoms with van der Waals surface area (Å²) >= 11 is 13.8. The van der Waals surface area contributed by atoms with E-state index in [0.717, 1.165) is 24.2 Å². The van der Waals surface area contributed by atoms with E-state index in [1.54, 1.807) is 18.3 Å². The van der Waals surface area contributed by atoms with Crippen LogP contribution in [0.4, 0.5) is 5.13 Å². The van der Waals surface area contributed by atoms with Gasteiger partial charge in [0.25, 0.3) is 0 Å². The van der Waals surface area contributed by atoms with Gasteiger partial charge in [-0.1, -0.05) is 44.0 Å². The van der Waals surface area contributed by atoms with Crippen molar-refractivity contribution in [2.75, 3.05) is 5.32 Å². The van der Waals surface area contributed by atoms with Gasteiger partial charge >= 0.3 is 0 Å². The number of aromatic nitrogens is 3. The second-order valence-electron chi connectivity index (χ2n) is 8.33. The summed E-state index contributed by atoms with van der Waals surface area (Å²) in [5.41, 5.74) is 1.63. The molecule has 1 N–H and O–H groups in total. The van der Waals surface area contributed by atoms with Crippen LogP contribution in [0.1, 0.15) is 45.0 Å². The molecule has 144 valence electrons. The molecule has 0 aliphatic heterocycles. The molecule has 0 saturated heterocycles. The third-order valence-electron chi connectivity index (χ3n) is 7.12. The quantitative estimate of drug-likeness (QED) is 0.591. The molecule has 28 heavy (non-hydrogen) atoms. The van der Waals surface area contributed by atoms with E-state index in [2.05, 4.69) is 31.1 Å². The van der Waals surface area contributed by atoms with Gasteiger partial charge < -0.3 is 5.32 Å². The van der Waals surface area contributed by atoms with Crippen LogP contribution < -0.4 is 5.32 Å². The van der Waals surface area contributed by atoms with Gasteiger partial charge in [0.2, 0.25) is 5.91 Å². The first kappa shape index (κ1) is 18.3. The van der Waals surface area contributed by atoms with Crippen molar-refractivity contribution in [3.05, 3.63) is 45.1 Å². The lowest BCUT2D eigenvalue weighted by Crippen LogP contribution is -2.48. The smallest absolute Gasteiger partial charge is 0.239 e. The number of fused-ring (bicyclic) bond motifs is 6. The molecule has 2 aliphatic rings. The van der Waals surface area contributed by atoms with Crippen molar-refractivity contribution < 1.29 is 4.79 Å². The summed E-state index contributed by atoms with van der Waals surface area (Å²) in [6.45, 7) is 6.49. The summed E-state index contributed by atoms with van der Waals surface area (Å²) in [5.74, 6) is -0.0661. The molecule has 2 aromatic heterocycles. The van der Waals surface area contributed by atoms with E-state index < -0.39 is 5.41 Å². The number of benzene rings is 1. The number of rotatable bonds is 2. The molecular weight excluding hydrogens is 415 g/mol. The van der Waals surface area contributed by atoms with E-state index in [1.807, 2.05) is 5.38 Å². The van der Waals surface area contributed by atoms with Crippen LogP contribution >= 0.6 is 34.5 Å². The molecule has 2 aliphatic carbocycles. The molecule has 1 fully saturated rings. The molecule has 2 heterocycles. The average Bonchev–Trinajstić information content (AvgIpc) is 3.25. The Morgan fingerprint density at radius 3 is 2.32 bits per heavy atom. The van der Waals surface area contributed by atoms with E-state index in [4.69, 9.17) is 33.2 Å². The van der Waals surface area contributed by atoms with Crippen molar-refractivity contribution in [1.82, 2.24) is 15.0 Å². The molecule has 8 heteroatoms. The van der Waals surface area contributed by atoms with E-state index in [-0.39, 0.29) is 16.7 Å². The Labute approximate surface area is 176 Å². The molecule has 1 saturated carbocycles. The standard InChI is InChI=1S/C20H18Cl2N4OS/c1-18(2)19(3)4-5-20(18,16(27)26-17-23-6-7-28-17)15-14(19)24-12-8-10(21)11(22)9-13(12)25-15/h6-9H,4-5H2,1-3H3,(H,23,26,27). The highest BCUT2D eigenvalue weighted by atomic mass is 35.5. The Kier molecular flexibility index (Phi) is 3.69. The lowest BCUT2D eigenvalue weighted by Gasteiger charge is -2.39. The second kappa shape index (κ2) is 5.65. The minimum Gasteiger partial charge on any atom is -0.301 e. The largest absolute Gasteiger partial charge is 0.301 e. The summed E-state index contributed by atoms with van der Waals surface area (Å²) in [5, 5.41) is 6.34. The van der Waals surface area contributed by atoms with Gasteiger partial charge in [0.15, 0.2) is 5.13 Å². The van der Waals surface area contributed by atoms with Gasteiger partial charge in [-0.25, -0.2) is 15.0 Å². The number of hydrogen-bond donors (Lipinski definition) is 1. The maximum atomic E-state index is 13.6. The predicted molar refractivity (Wildman–Crippen MR) is 112 cm³/mol. The lowest BCUT2D eigenvalue weighted by atomic mass is 9.63. The van der Waals surface area contributed by atoms with E-state index in [9.17, 15) is 4.79 Å². The topological polar surface area (TPSA) is 67.8 Å². The van der Waals surface area contributed by atoms with Crippen molar-refractivity contribution in [2.45, 2.75) is 44.4 Å². The maximum Gasteiger partial charge on any atom is 0.239 e. The van der Waals surface area contributed by atoms with E-state index in [1.165, 1.54) is 11.3 Å². The highest BCUT2D eigenvalue weighted by Gasteiger charge is 2.73. The van der Waals surface area contributed by atoms with Gasteiger partial charge in [0, 0.05) is 17.0 Å². The molecule has 2 bridgehead atoms. The van der Waals surface area contributed by atoms with E-state index in [0.29, 0.717) is 26.2 Å². The second-order valence-corrected chi connectivity index (χ2v) is 10.0. The lowest BCUT2D eigenvalue weighted by molar-refractivity contribution is -0.125. The third-order valence-corrected chi connectivity index (χ3v) is 8.53. The van der Waals surface area contributed by atoms with Crippen LogP contribution in [0.3, 0.4) is 0 Å². The zero-order chi connectivity index (χ0) is 19.9. The first-order valence-electron chi connectivity index (χ1n) is 9.09. The van der Waals surface area contributed by atoms with Crippen LogP contribution in [-0.4, -0.2) is 20.9 Å². The summed E-state index contributed by atoms with van der Waals surface area (Å²) in [6, 6.07) is 3.47. The van der Waals surface area contributed by atoms with Gasteiger partial charge in [0.05, 0.1) is 37.9 Å². The molecule has 1 aromatic carbocycles. The Morgan fingerprint density at radius 1 is 1.07 bits per heavy atom. The van der Waals surface area contributed by atoms with Crippen LogP contribution in [0.15, 0.2) is 23.7 Å². The van der Waals surface area contributed by atoms with Crippen LogP contribution in [0.25, 0.3) is 11.0 Å². The fourth-order valence-corrected chi connectivity index (χ4v) is 5.93. The number of carbonyl (C=O) groups is 1. The summed E-state index contributed by atoms with van der Waals surface area (Å²) in [4.78, 5) is 27.7. The monoisotopic (exact) mass is 432 g/mol. The fourth-order valence-electron chi connectivity index (χ4n) is 5.09. The van der Waals surface area contributed by atoms with Crippen molar-refractivity contribution in [2.24, 2.45) is 5.41 Å². The minimum atomic E-state index is -0.768. The molecule has 0 radical (unpaired) electrons. The van der Waals surface area contributed by atoms with Gasteiger partial charge in [-0.15, -0.1) is 11.3 Å². The highest BCUT2D eigenvalue weighted by molar-refractivity contribution is 7.13. The normalized spacial score (nSPS) is 27.2. The molecule has 5 rings (SSSR count). The molecule has 1 amide bonds. The first-order valence-corrected chi connectivity index (χ1v) is 10.7. The Balaban J connectivity index is 1.76. The highest BCUT2D eigenvalue weighted by Crippen LogP contribution is 2.70. The van der Waals surface area contributed by atoms with Crippen LogP contribution in [0.5, 0.6) is 0 Å². The van der Waals surface area contributed by atoms with Crippen LogP contribution in [-0.2, 0) is 15.6 Å². The Hall–Kier alpha value is -1.76. The maximum absolute atomic E-state index is 13.6.